The fraction of sp³-hybridized carbons (Fsp3) is 0.500. The first kappa shape index (κ1) is 13.3. The Hall–Kier alpha value is -1.68. The van der Waals surface area contributed by atoms with Crippen molar-refractivity contribution in [1.82, 2.24) is 20.1 Å². The quantitative estimate of drug-likeness (QED) is 0.905. The summed E-state index contributed by atoms with van der Waals surface area (Å²) in [4.78, 5) is 0. The molecule has 0 amide bonds. The van der Waals surface area contributed by atoms with Gasteiger partial charge in [0.25, 0.3) is 0 Å². The van der Waals surface area contributed by atoms with Crippen LogP contribution in [0.2, 0.25) is 0 Å². The fourth-order valence-electron chi connectivity index (χ4n) is 2.91. The summed E-state index contributed by atoms with van der Waals surface area (Å²) in [6.45, 7) is 3.15. The van der Waals surface area contributed by atoms with Crippen LogP contribution in [0.15, 0.2) is 24.5 Å². The van der Waals surface area contributed by atoms with Gasteiger partial charge in [-0.3, -0.25) is 0 Å². The van der Waals surface area contributed by atoms with Crippen LogP contribution in [0.5, 0.6) is 0 Å². The summed E-state index contributed by atoms with van der Waals surface area (Å²) in [5.74, 6) is 1.03. The molecule has 4 heteroatoms. The molecular weight excluding hydrogens is 248 g/mol. The zero-order valence-electron chi connectivity index (χ0n) is 12.3. The van der Waals surface area contributed by atoms with Crippen LogP contribution in [0.1, 0.15) is 41.9 Å². The number of rotatable bonds is 5. The van der Waals surface area contributed by atoms with E-state index >= 15 is 0 Å². The maximum atomic E-state index is 4.11. The van der Waals surface area contributed by atoms with Gasteiger partial charge in [0.1, 0.15) is 12.2 Å². The molecule has 0 radical (unpaired) electrons. The Kier molecular flexibility index (Phi) is 3.83. The van der Waals surface area contributed by atoms with Crippen LogP contribution < -0.4 is 5.32 Å². The number of hydrogen-bond donors (Lipinski definition) is 1. The zero-order chi connectivity index (χ0) is 13.9. The maximum Gasteiger partial charge on any atom is 0.133 e. The van der Waals surface area contributed by atoms with E-state index in [-0.39, 0.29) is 0 Å². The van der Waals surface area contributed by atoms with E-state index in [9.17, 15) is 0 Å². The van der Waals surface area contributed by atoms with Gasteiger partial charge in [-0.25, -0.2) is 0 Å². The van der Waals surface area contributed by atoms with Gasteiger partial charge in [-0.05, 0) is 42.9 Å². The highest BCUT2D eigenvalue weighted by Gasteiger charge is 2.13. The minimum atomic E-state index is 0.383. The Morgan fingerprint density at radius 1 is 1.30 bits per heavy atom. The minimum Gasteiger partial charge on any atom is -0.321 e. The molecule has 0 saturated heterocycles. The van der Waals surface area contributed by atoms with Crippen LogP contribution in [-0.2, 0) is 26.3 Å². The summed E-state index contributed by atoms with van der Waals surface area (Å²) in [7, 11) is 1.99. The lowest BCUT2D eigenvalue weighted by molar-refractivity contribution is 0.564. The molecule has 1 heterocycles. The summed E-state index contributed by atoms with van der Waals surface area (Å²) in [5, 5.41) is 11.6. The minimum absolute atomic E-state index is 0.383. The molecule has 20 heavy (non-hydrogen) atoms. The van der Waals surface area contributed by atoms with Crippen LogP contribution in [0.4, 0.5) is 0 Å². The van der Waals surface area contributed by atoms with Crippen LogP contribution in [0.3, 0.4) is 0 Å². The molecule has 0 spiro atoms. The molecule has 4 nitrogen and oxygen atoms in total. The van der Waals surface area contributed by atoms with Crippen molar-refractivity contribution in [3.63, 3.8) is 0 Å². The number of aryl methyl sites for hydroxylation is 3. The monoisotopic (exact) mass is 270 g/mol. The summed E-state index contributed by atoms with van der Waals surface area (Å²) < 4.78 is 1.97. The van der Waals surface area contributed by atoms with E-state index in [2.05, 4.69) is 40.6 Å². The van der Waals surface area contributed by atoms with Crippen molar-refractivity contribution in [2.75, 3.05) is 6.54 Å². The predicted octanol–water partition coefficient (Wildman–Crippen LogP) is 2.20. The standard InChI is InChI=1S/C16H22N4/c1-12(17-9-8-16-19-18-11-20(16)2)14-7-6-13-4-3-5-15(13)10-14/h6-7,10-12,17H,3-5,8-9H2,1-2H3. The maximum absolute atomic E-state index is 4.11. The fourth-order valence-corrected chi connectivity index (χ4v) is 2.91. The van der Waals surface area contributed by atoms with Gasteiger partial charge < -0.3 is 9.88 Å². The zero-order valence-corrected chi connectivity index (χ0v) is 12.3. The summed E-state index contributed by atoms with van der Waals surface area (Å²) in [6, 6.07) is 7.33. The summed E-state index contributed by atoms with van der Waals surface area (Å²) in [6.07, 6.45) is 6.47. The molecule has 0 saturated carbocycles. The van der Waals surface area contributed by atoms with E-state index in [0.29, 0.717) is 6.04 Å². The van der Waals surface area contributed by atoms with Crippen molar-refractivity contribution in [2.45, 2.75) is 38.6 Å². The molecule has 1 aliphatic rings. The second kappa shape index (κ2) is 5.75. The second-order valence-corrected chi connectivity index (χ2v) is 5.67. The molecule has 106 valence electrons. The number of hydrogen-bond acceptors (Lipinski definition) is 3. The first-order chi connectivity index (χ1) is 9.74. The lowest BCUT2D eigenvalue weighted by atomic mass is 10.0. The van der Waals surface area contributed by atoms with Crippen molar-refractivity contribution in [1.29, 1.82) is 0 Å². The van der Waals surface area contributed by atoms with Crippen molar-refractivity contribution in [3.05, 3.63) is 47.0 Å². The molecule has 1 aliphatic carbocycles. The molecule has 0 bridgehead atoms. The topological polar surface area (TPSA) is 42.7 Å². The SMILES string of the molecule is CC(NCCc1nncn1C)c1ccc2c(c1)CCC2. The largest absolute Gasteiger partial charge is 0.321 e. The summed E-state index contributed by atoms with van der Waals surface area (Å²) >= 11 is 0. The highest BCUT2D eigenvalue weighted by atomic mass is 15.2. The molecule has 1 atom stereocenters. The molecule has 1 aromatic heterocycles. The van der Waals surface area contributed by atoms with Crippen LogP contribution in [0, 0.1) is 0 Å². The molecule has 1 aromatic carbocycles. The molecule has 2 aromatic rings. The number of nitrogens with zero attached hydrogens (tertiary/aromatic N) is 3. The molecule has 1 N–H and O–H groups in total. The Bertz CT molecular complexity index is 588. The van der Waals surface area contributed by atoms with Gasteiger partial charge in [0, 0.05) is 26.1 Å². The average molecular weight is 270 g/mol. The van der Waals surface area contributed by atoms with Crippen LogP contribution in [0.25, 0.3) is 0 Å². The highest BCUT2D eigenvalue weighted by Crippen LogP contribution is 2.25. The first-order valence-electron chi connectivity index (χ1n) is 7.42. The van der Waals surface area contributed by atoms with Gasteiger partial charge >= 0.3 is 0 Å². The lowest BCUT2D eigenvalue weighted by Gasteiger charge is -2.15. The normalized spacial score (nSPS) is 15.3. The third-order valence-corrected chi connectivity index (χ3v) is 4.23. The van der Waals surface area contributed by atoms with E-state index < -0.39 is 0 Å². The van der Waals surface area contributed by atoms with Crippen molar-refractivity contribution in [2.24, 2.45) is 7.05 Å². The van der Waals surface area contributed by atoms with E-state index in [0.717, 1.165) is 18.8 Å². The van der Waals surface area contributed by atoms with Gasteiger partial charge in [-0.15, -0.1) is 10.2 Å². The molecule has 0 aliphatic heterocycles. The third kappa shape index (κ3) is 2.75. The predicted molar refractivity (Wildman–Crippen MR) is 79.6 cm³/mol. The van der Waals surface area contributed by atoms with E-state index in [1.807, 2.05) is 11.6 Å². The van der Waals surface area contributed by atoms with Gasteiger partial charge in [0.15, 0.2) is 0 Å². The van der Waals surface area contributed by atoms with Crippen LogP contribution in [-0.4, -0.2) is 21.3 Å². The Balaban J connectivity index is 1.56. The first-order valence-corrected chi connectivity index (χ1v) is 7.42. The lowest BCUT2D eigenvalue weighted by Crippen LogP contribution is -2.22. The van der Waals surface area contributed by atoms with E-state index in [4.69, 9.17) is 0 Å². The third-order valence-electron chi connectivity index (χ3n) is 4.23. The van der Waals surface area contributed by atoms with Crippen LogP contribution >= 0.6 is 0 Å². The van der Waals surface area contributed by atoms with Crippen molar-refractivity contribution < 1.29 is 0 Å². The van der Waals surface area contributed by atoms with Crippen molar-refractivity contribution >= 4 is 0 Å². The Morgan fingerprint density at radius 3 is 2.95 bits per heavy atom. The van der Waals surface area contributed by atoms with Gasteiger partial charge in [0.2, 0.25) is 0 Å². The Labute approximate surface area is 120 Å². The smallest absolute Gasteiger partial charge is 0.133 e. The summed E-state index contributed by atoms with van der Waals surface area (Å²) in [5.41, 5.74) is 4.48. The number of aromatic nitrogens is 3. The number of fused-ring (bicyclic) bond motifs is 1. The van der Waals surface area contributed by atoms with Gasteiger partial charge in [0.05, 0.1) is 0 Å². The van der Waals surface area contributed by atoms with E-state index in [1.165, 1.54) is 24.8 Å². The van der Waals surface area contributed by atoms with Crippen molar-refractivity contribution in [3.8, 4) is 0 Å². The Morgan fingerprint density at radius 2 is 2.15 bits per heavy atom. The molecule has 0 fully saturated rings. The average Bonchev–Trinajstić information content (AvgIpc) is 3.07. The van der Waals surface area contributed by atoms with Gasteiger partial charge in [-0.2, -0.15) is 0 Å². The van der Waals surface area contributed by atoms with Gasteiger partial charge in [-0.1, -0.05) is 18.2 Å². The molecule has 1 unspecified atom stereocenters. The number of nitrogens with one attached hydrogen (secondary N) is 1. The highest BCUT2D eigenvalue weighted by molar-refractivity contribution is 5.36. The van der Waals surface area contributed by atoms with E-state index in [1.54, 1.807) is 17.5 Å². The molecular formula is C16H22N4. The molecule has 3 rings (SSSR count). The second-order valence-electron chi connectivity index (χ2n) is 5.67. The number of benzene rings is 1.